The van der Waals surface area contributed by atoms with Crippen molar-refractivity contribution in [2.45, 2.75) is 44.7 Å². The molecule has 2 heterocycles. The number of carbonyl (C=O) groups is 2. The summed E-state index contributed by atoms with van der Waals surface area (Å²) in [5.74, 6) is 0.333. The molecule has 0 aromatic heterocycles. The average Bonchev–Trinajstić information content (AvgIpc) is 3.24. The molecule has 3 N–H and O–H groups in total. The van der Waals surface area contributed by atoms with E-state index >= 15 is 0 Å². The maximum absolute atomic E-state index is 12.0. The number of rotatable bonds is 13. The SMILES string of the molecule is CC1(C)CO[C@H](COC(=O)CCc2ccc(OC[C@H](O)CNCCNC(=O)N3CCOCC3)cc2)O1.Cl. The average molecular weight is 546 g/mol. The summed E-state index contributed by atoms with van der Waals surface area (Å²) in [6.07, 6.45) is -0.390. The number of aryl methyl sites for hydroxylation is 1. The molecular weight excluding hydrogens is 506 g/mol. The molecule has 210 valence electrons. The van der Waals surface area contributed by atoms with Gasteiger partial charge in [-0.15, -0.1) is 12.4 Å². The molecule has 37 heavy (non-hydrogen) atoms. The van der Waals surface area contributed by atoms with Gasteiger partial charge >= 0.3 is 12.0 Å². The fraction of sp³-hybridized carbons (Fsp3) is 0.680. The van der Waals surface area contributed by atoms with Gasteiger partial charge in [-0.1, -0.05) is 12.1 Å². The quantitative estimate of drug-likeness (QED) is 0.247. The number of aliphatic hydroxyl groups excluding tert-OH is 1. The van der Waals surface area contributed by atoms with Crippen molar-refractivity contribution >= 4 is 24.4 Å². The van der Waals surface area contributed by atoms with E-state index in [0.717, 1.165) is 5.56 Å². The van der Waals surface area contributed by atoms with Gasteiger partial charge in [0.2, 0.25) is 0 Å². The Labute approximate surface area is 224 Å². The van der Waals surface area contributed by atoms with Crippen LogP contribution in [0.5, 0.6) is 5.75 Å². The van der Waals surface area contributed by atoms with Crippen LogP contribution in [0.4, 0.5) is 4.79 Å². The molecule has 0 saturated carbocycles. The molecule has 2 aliphatic heterocycles. The lowest BCUT2D eigenvalue weighted by Gasteiger charge is -2.27. The molecule has 0 unspecified atom stereocenters. The Bertz CT molecular complexity index is 821. The number of halogens is 1. The first-order chi connectivity index (χ1) is 17.3. The number of urea groups is 1. The molecule has 0 bridgehead atoms. The van der Waals surface area contributed by atoms with Crippen molar-refractivity contribution in [2.24, 2.45) is 0 Å². The summed E-state index contributed by atoms with van der Waals surface area (Å²) >= 11 is 0. The molecule has 12 heteroatoms. The van der Waals surface area contributed by atoms with Crippen molar-refractivity contribution in [3.05, 3.63) is 29.8 Å². The Morgan fingerprint density at radius 2 is 1.92 bits per heavy atom. The van der Waals surface area contributed by atoms with Gasteiger partial charge < -0.3 is 44.3 Å². The molecule has 2 aliphatic rings. The van der Waals surface area contributed by atoms with Crippen molar-refractivity contribution in [1.29, 1.82) is 0 Å². The Balaban J connectivity index is 0.00000481. The summed E-state index contributed by atoms with van der Waals surface area (Å²) in [6, 6.07) is 7.29. The number of esters is 1. The third kappa shape index (κ3) is 11.8. The van der Waals surface area contributed by atoms with Crippen LogP contribution in [0.25, 0.3) is 0 Å². The van der Waals surface area contributed by atoms with Crippen LogP contribution < -0.4 is 15.4 Å². The van der Waals surface area contributed by atoms with E-state index in [2.05, 4.69) is 10.6 Å². The maximum atomic E-state index is 12.0. The lowest BCUT2D eigenvalue weighted by Crippen LogP contribution is -2.47. The summed E-state index contributed by atoms with van der Waals surface area (Å²) in [6.45, 7) is 8.28. The molecule has 2 fully saturated rings. The van der Waals surface area contributed by atoms with Gasteiger partial charge in [-0.05, 0) is 38.0 Å². The van der Waals surface area contributed by atoms with Crippen LogP contribution in [-0.4, -0.2) is 106 Å². The molecule has 0 spiro atoms. The van der Waals surface area contributed by atoms with Gasteiger partial charge in [0, 0.05) is 39.1 Å². The third-order valence-corrected chi connectivity index (χ3v) is 5.69. The Morgan fingerprint density at radius 3 is 2.59 bits per heavy atom. The molecule has 0 aliphatic carbocycles. The van der Waals surface area contributed by atoms with Crippen LogP contribution in [0, 0.1) is 0 Å². The highest BCUT2D eigenvalue weighted by Gasteiger charge is 2.33. The predicted octanol–water partition coefficient (Wildman–Crippen LogP) is 1.11. The fourth-order valence-corrected chi connectivity index (χ4v) is 3.69. The first-order valence-electron chi connectivity index (χ1n) is 12.5. The van der Waals surface area contributed by atoms with Gasteiger partial charge in [0.25, 0.3) is 0 Å². The largest absolute Gasteiger partial charge is 0.491 e. The van der Waals surface area contributed by atoms with E-state index < -0.39 is 12.4 Å². The molecule has 1 aromatic rings. The summed E-state index contributed by atoms with van der Waals surface area (Å²) < 4.78 is 27.2. The number of morpholine rings is 1. The van der Waals surface area contributed by atoms with Crippen molar-refractivity contribution in [1.82, 2.24) is 15.5 Å². The predicted molar refractivity (Wildman–Crippen MR) is 138 cm³/mol. The van der Waals surface area contributed by atoms with Crippen molar-refractivity contribution in [3.63, 3.8) is 0 Å². The third-order valence-electron chi connectivity index (χ3n) is 5.69. The molecule has 0 radical (unpaired) electrons. The van der Waals surface area contributed by atoms with Crippen LogP contribution in [-0.2, 0) is 30.2 Å². The molecule has 2 atom stereocenters. The zero-order chi connectivity index (χ0) is 25.8. The Morgan fingerprint density at radius 1 is 1.19 bits per heavy atom. The molecule has 11 nitrogen and oxygen atoms in total. The number of nitrogens with one attached hydrogen (secondary N) is 2. The second-order valence-electron chi connectivity index (χ2n) is 9.45. The van der Waals surface area contributed by atoms with Gasteiger partial charge in [0.15, 0.2) is 6.29 Å². The highest BCUT2D eigenvalue weighted by molar-refractivity contribution is 5.85. The fourth-order valence-electron chi connectivity index (χ4n) is 3.69. The van der Waals surface area contributed by atoms with E-state index in [1.807, 2.05) is 38.1 Å². The van der Waals surface area contributed by atoms with Crippen LogP contribution in [0.15, 0.2) is 24.3 Å². The number of aliphatic hydroxyl groups is 1. The Kier molecular flexibility index (Phi) is 13.4. The van der Waals surface area contributed by atoms with E-state index in [1.54, 1.807) is 4.90 Å². The van der Waals surface area contributed by atoms with Gasteiger partial charge in [-0.3, -0.25) is 4.79 Å². The normalized spacial score (nSPS) is 19.5. The number of carbonyl (C=O) groups excluding carboxylic acids is 2. The number of ether oxygens (including phenoxy) is 5. The highest BCUT2D eigenvalue weighted by atomic mass is 35.5. The van der Waals surface area contributed by atoms with Crippen LogP contribution in [0.1, 0.15) is 25.8 Å². The topological polar surface area (TPSA) is 128 Å². The maximum Gasteiger partial charge on any atom is 0.317 e. The van der Waals surface area contributed by atoms with Gasteiger partial charge in [0.05, 0.1) is 25.4 Å². The lowest BCUT2D eigenvalue weighted by molar-refractivity contribution is -0.160. The summed E-state index contributed by atoms with van der Waals surface area (Å²) in [7, 11) is 0. The standard InChI is InChI=1S/C25H39N3O8.ClH/c1-25(2)18-35-23(36-25)17-34-22(30)8-5-19-3-6-21(7-4-19)33-16-20(29)15-26-9-10-27-24(31)28-11-13-32-14-12-28;/h3-4,6-7,20,23,26,29H,5,8-18H2,1-2H3,(H,27,31);1H/t20-,23+;/m1./s1. The zero-order valence-corrected chi connectivity index (χ0v) is 22.4. The molecule has 3 rings (SSSR count). The van der Waals surface area contributed by atoms with E-state index in [1.165, 1.54) is 0 Å². The summed E-state index contributed by atoms with van der Waals surface area (Å²) in [4.78, 5) is 25.7. The van der Waals surface area contributed by atoms with E-state index in [-0.39, 0.29) is 49.6 Å². The van der Waals surface area contributed by atoms with Gasteiger partial charge in [-0.2, -0.15) is 0 Å². The number of hydrogen-bond acceptors (Lipinski definition) is 9. The monoisotopic (exact) mass is 545 g/mol. The zero-order valence-electron chi connectivity index (χ0n) is 21.6. The van der Waals surface area contributed by atoms with Crippen molar-refractivity contribution < 1.29 is 38.4 Å². The van der Waals surface area contributed by atoms with Crippen LogP contribution in [0.3, 0.4) is 0 Å². The van der Waals surface area contributed by atoms with E-state index in [4.69, 9.17) is 23.7 Å². The molecule has 1 aromatic carbocycles. The minimum atomic E-state index is -0.687. The highest BCUT2D eigenvalue weighted by Crippen LogP contribution is 2.22. The van der Waals surface area contributed by atoms with E-state index in [9.17, 15) is 14.7 Å². The Hall–Kier alpha value is -2.15. The second kappa shape index (κ2) is 16.0. The minimum absolute atomic E-state index is 0. The number of benzene rings is 1. The number of nitrogens with zero attached hydrogens (tertiary/aromatic N) is 1. The van der Waals surface area contributed by atoms with Crippen LogP contribution >= 0.6 is 12.4 Å². The summed E-state index contributed by atoms with van der Waals surface area (Å²) in [5, 5.41) is 16.1. The van der Waals surface area contributed by atoms with Crippen molar-refractivity contribution in [3.8, 4) is 5.75 Å². The molecule has 2 saturated heterocycles. The van der Waals surface area contributed by atoms with E-state index in [0.29, 0.717) is 64.7 Å². The van der Waals surface area contributed by atoms with Gasteiger partial charge in [-0.25, -0.2) is 4.79 Å². The second-order valence-corrected chi connectivity index (χ2v) is 9.45. The summed E-state index contributed by atoms with van der Waals surface area (Å²) in [5.41, 5.74) is 0.630. The number of amides is 2. The minimum Gasteiger partial charge on any atom is -0.491 e. The number of hydrogen-bond donors (Lipinski definition) is 3. The molecular formula is C25H40ClN3O8. The van der Waals surface area contributed by atoms with Crippen molar-refractivity contribution in [2.75, 3.05) is 65.8 Å². The lowest BCUT2D eigenvalue weighted by atomic mass is 10.1. The molecule has 2 amide bonds. The first kappa shape index (κ1) is 31.1. The van der Waals surface area contributed by atoms with Crippen LogP contribution in [0.2, 0.25) is 0 Å². The first-order valence-corrected chi connectivity index (χ1v) is 12.5. The van der Waals surface area contributed by atoms with Gasteiger partial charge in [0.1, 0.15) is 25.1 Å². The smallest absolute Gasteiger partial charge is 0.317 e.